The van der Waals surface area contributed by atoms with Gasteiger partial charge < -0.3 is 9.94 Å². The number of hydrogen-bond acceptors (Lipinski definition) is 3. The number of hydrogen-bond donors (Lipinski definition) is 1. The highest BCUT2D eigenvalue weighted by molar-refractivity contribution is 6.12. The second-order valence-corrected chi connectivity index (χ2v) is 4.51. The first-order chi connectivity index (χ1) is 10.2. The highest BCUT2D eigenvalue weighted by Gasteiger charge is 2.17. The van der Waals surface area contributed by atoms with E-state index in [1.54, 1.807) is 6.92 Å². The summed E-state index contributed by atoms with van der Waals surface area (Å²) < 4.78 is 0. The monoisotopic (exact) mass is 283 g/mol. The van der Waals surface area contributed by atoms with E-state index in [0.717, 1.165) is 11.1 Å². The van der Waals surface area contributed by atoms with E-state index in [1.807, 2.05) is 60.7 Å². The third kappa shape index (κ3) is 3.92. The van der Waals surface area contributed by atoms with Crippen molar-refractivity contribution in [3.05, 3.63) is 71.8 Å². The van der Waals surface area contributed by atoms with Gasteiger partial charge in [-0.05, 0) is 6.42 Å². The largest absolute Gasteiger partial charge is 0.478 e. The van der Waals surface area contributed by atoms with Crippen molar-refractivity contribution < 1.29 is 14.7 Å². The van der Waals surface area contributed by atoms with E-state index in [9.17, 15) is 4.79 Å². The molecule has 1 unspecified atom stereocenters. The van der Waals surface area contributed by atoms with Crippen LogP contribution in [0.1, 0.15) is 24.5 Å². The van der Waals surface area contributed by atoms with Crippen molar-refractivity contribution >= 4 is 11.7 Å². The van der Waals surface area contributed by atoms with E-state index in [2.05, 4.69) is 5.16 Å². The summed E-state index contributed by atoms with van der Waals surface area (Å²) in [6.07, 6.45) is -0.581. The van der Waals surface area contributed by atoms with Gasteiger partial charge >= 0.3 is 5.97 Å². The molecular formula is C17H17NO3. The summed E-state index contributed by atoms with van der Waals surface area (Å²) in [5.41, 5.74) is 2.38. The second-order valence-electron chi connectivity index (χ2n) is 4.51. The smallest absolute Gasteiger partial charge is 0.347 e. The average molecular weight is 283 g/mol. The molecule has 0 spiro atoms. The van der Waals surface area contributed by atoms with Gasteiger partial charge in [0.2, 0.25) is 6.10 Å². The lowest BCUT2D eigenvalue weighted by Gasteiger charge is -2.11. The third-order valence-corrected chi connectivity index (χ3v) is 3.01. The maximum atomic E-state index is 11.0. The maximum Gasteiger partial charge on any atom is 0.347 e. The molecule has 2 rings (SSSR count). The average Bonchev–Trinajstić information content (AvgIpc) is 2.53. The lowest BCUT2D eigenvalue weighted by atomic mass is 10.0. The Bertz CT molecular complexity index is 567. The Labute approximate surface area is 123 Å². The van der Waals surface area contributed by atoms with Crippen LogP contribution in [0.15, 0.2) is 65.8 Å². The van der Waals surface area contributed by atoms with E-state index in [1.165, 1.54) is 0 Å². The zero-order valence-electron chi connectivity index (χ0n) is 11.8. The number of carbonyl (C=O) groups is 1. The quantitative estimate of drug-likeness (QED) is 0.653. The number of oxime groups is 1. The highest BCUT2D eigenvalue weighted by atomic mass is 16.6. The topological polar surface area (TPSA) is 58.9 Å². The summed E-state index contributed by atoms with van der Waals surface area (Å²) in [5, 5.41) is 13.1. The number of aliphatic carboxylic acids is 1. The normalized spacial score (nSPS) is 11.5. The van der Waals surface area contributed by atoms with E-state index < -0.39 is 12.1 Å². The lowest BCUT2D eigenvalue weighted by molar-refractivity contribution is -0.150. The highest BCUT2D eigenvalue weighted by Crippen LogP contribution is 2.12. The molecule has 108 valence electrons. The maximum absolute atomic E-state index is 11.0. The minimum absolute atomic E-state index is 0.357. The molecule has 21 heavy (non-hydrogen) atoms. The van der Waals surface area contributed by atoms with Gasteiger partial charge in [0.1, 0.15) is 5.71 Å². The van der Waals surface area contributed by atoms with Gasteiger partial charge in [0.15, 0.2) is 0 Å². The Kier molecular flexibility index (Phi) is 5.10. The number of nitrogens with zero attached hydrogens (tertiary/aromatic N) is 1. The van der Waals surface area contributed by atoms with Crippen molar-refractivity contribution in [3.8, 4) is 0 Å². The minimum atomic E-state index is -1.01. The Morgan fingerprint density at radius 1 is 1.05 bits per heavy atom. The molecule has 1 atom stereocenters. The predicted molar refractivity (Wildman–Crippen MR) is 81.3 cm³/mol. The van der Waals surface area contributed by atoms with Gasteiger partial charge in [-0.2, -0.15) is 0 Å². The van der Waals surface area contributed by atoms with E-state index in [0.29, 0.717) is 12.1 Å². The summed E-state index contributed by atoms with van der Waals surface area (Å²) in [5.74, 6) is -1.01. The van der Waals surface area contributed by atoms with Crippen LogP contribution >= 0.6 is 0 Å². The summed E-state index contributed by atoms with van der Waals surface area (Å²) in [6.45, 7) is 1.75. The van der Waals surface area contributed by atoms with E-state index in [-0.39, 0.29) is 0 Å². The Hall–Kier alpha value is -2.62. The van der Waals surface area contributed by atoms with Gasteiger partial charge in [0.25, 0.3) is 0 Å². The van der Waals surface area contributed by atoms with Gasteiger partial charge in [0.05, 0.1) is 0 Å². The van der Waals surface area contributed by atoms with Crippen molar-refractivity contribution in [2.45, 2.75) is 19.4 Å². The fourth-order valence-corrected chi connectivity index (χ4v) is 1.87. The molecule has 0 amide bonds. The number of carboxylic acid groups (broad SMARTS) is 1. The standard InChI is InChI=1S/C17H17NO3/c1-2-15(17(19)20)21-18-16(13-9-5-3-6-10-13)14-11-7-4-8-12-14/h3-12,15H,2H2,1H3,(H,19,20). The molecule has 4 nitrogen and oxygen atoms in total. The van der Waals surface area contributed by atoms with Crippen molar-refractivity contribution in [1.29, 1.82) is 0 Å². The van der Waals surface area contributed by atoms with Crippen LogP contribution in [0.3, 0.4) is 0 Å². The first-order valence-electron chi connectivity index (χ1n) is 6.80. The summed E-state index contributed by atoms with van der Waals surface area (Å²) in [6, 6.07) is 19.1. The molecule has 0 bridgehead atoms. The Morgan fingerprint density at radius 3 is 1.90 bits per heavy atom. The second kappa shape index (κ2) is 7.24. The molecule has 0 aliphatic heterocycles. The Balaban J connectivity index is 2.35. The van der Waals surface area contributed by atoms with Crippen LogP contribution in [-0.2, 0) is 9.63 Å². The fourth-order valence-electron chi connectivity index (χ4n) is 1.87. The van der Waals surface area contributed by atoms with Gasteiger partial charge in [0, 0.05) is 11.1 Å². The summed E-state index contributed by atoms with van der Waals surface area (Å²) in [4.78, 5) is 16.2. The summed E-state index contributed by atoms with van der Waals surface area (Å²) in [7, 11) is 0. The van der Waals surface area contributed by atoms with Crippen molar-refractivity contribution in [1.82, 2.24) is 0 Å². The fraction of sp³-hybridized carbons (Fsp3) is 0.176. The van der Waals surface area contributed by atoms with Crippen molar-refractivity contribution in [2.24, 2.45) is 5.16 Å². The van der Waals surface area contributed by atoms with Crippen LogP contribution in [-0.4, -0.2) is 22.9 Å². The molecule has 2 aromatic rings. The molecular weight excluding hydrogens is 266 g/mol. The molecule has 0 aromatic heterocycles. The van der Waals surface area contributed by atoms with Gasteiger partial charge in [-0.3, -0.25) is 0 Å². The van der Waals surface area contributed by atoms with Crippen molar-refractivity contribution in [3.63, 3.8) is 0 Å². The van der Waals surface area contributed by atoms with Crippen LogP contribution in [0.4, 0.5) is 0 Å². The lowest BCUT2D eigenvalue weighted by Crippen LogP contribution is -2.21. The SMILES string of the molecule is CCC(ON=C(c1ccccc1)c1ccccc1)C(=O)O. The van der Waals surface area contributed by atoms with Crippen LogP contribution in [0, 0.1) is 0 Å². The van der Waals surface area contributed by atoms with Crippen LogP contribution in [0.2, 0.25) is 0 Å². The number of benzene rings is 2. The molecule has 0 fully saturated rings. The zero-order chi connectivity index (χ0) is 15.1. The molecule has 4 heteroatoms. The predicted octanol–water partition coefficient (Wildman–Crippen LogP) is 3.32. The molecule has 0 saturated carbocycles. The summed E-state index contributed by atoms with van der Waals surface area (Å²) >= 11 is 0. The molecule has 0 aliphatic carbocycles. The third-order valence-electron chi connectivity index (χ3n) is 3.01. The molecule has 1 N–H and O–H groups in total. The minimum Gasteiger partial charge on any atom is -0.478 e. The van der Waals surface area contributed by atoms with Gasteiger partial charge in [-0.15, -0.1) is 0 Å². The zero-order valence-corrected chi connectivity index (χ0v) is 11.8. The van der Waals surface area contributed by atoms with Gasteiger partial charge in [-0.1, -0.05) is 72.7 Å². The molecule has 2 aromatic carbocycles. The van der Waals surface area contributed by atoms with E-state index >= 15 is 0 Å². The van der Waals surface area contributed by atoms with Crippen LogP contribution in [0.25, 0.3) is 0 Å². The van der Waals surface area contributed by atoms with Crippen molar-refractivity contribution in [2.75, 3.05) is 0 Å². The molecule has 0 saturated heterocycles. The molecule has 0 radical (unpaired) electrons. The van der Waals surface area contributed by atoms with Crippen LogP contribution < -0.4 is 0 Å². The first-order valence-corrected chi connectivity index (χ1v) is 6.80. The molecule has 0 aliphatic rings. The Morgan fingerprint density at radius 2 is 1.52 bits per heavy atom. The van der Waals surface area contributed by atoms with Crippen LogP contribution in [0.5, 0.6) is 0 Å². The number of rotatable bonds is 6. The number of carboxylic acids is 1. The van der Waals surface area contributed by atoms with Gasteiger partial charge in [-0.25, -0.2) is 4.79 Å². The van der Waals surface area contributed by atoms with E-state index in [4.69, 9.17) is 9.94 Å². The first kappa shape index (κ1) is 14.8. The molecule has 0 heterocycles.